The van der Waals surface area contributed by atoms with E-state index in [2.05, 4.69) is 0 Å². The van der Waals surface area contributed by atoms with E-state index in [1.54, 1.807) is 6.08 Å². The number of carbonyl (C=O) groups excluding carboxylic acids is 1. The maximum absolute atomic E-state index is 12.2. The highest BCUT2D eigenvalue weighted by Gasteiger charge is 2.17. The zero-order valence-corrected chi connectivity index (χ0v) is 13.6. The number of amides is 1. The van der Waals surface area contributed by atoms with Gasteiger partial charge in [0.05, 0.1) is 6.61 Å². The van der Waals surface area contributed by atoms with Gasteiger partial charge in [0.2, 0.25) is 5.91 Å². The molecule has 0 aromatic heterocycles. The molecule has 4 nitrogen and oxygen atoms in total. The average molecular weight is 315 g/mol. The van der Waals surface area contributed by atoms with Crippen molar-refractivity contribution < 1.29 is 14.3 Å². The van der Waals surface area contributed by atoms with Crippen molar-refractivity contribution in [1.82, 2.24) is 4.90 Å². The van der Waals surface area contributed by atoms with Gasteiger partial charge in [0, 0.05) is 31.1 Å². The van der Waals surface area contributed by atoms with Crippen LogP contribution in [0.2, 0.25) is 0 Å². The van der Waals surface area contributed by atoms with Gasteiger partial charge >= 0.3 is 0 Å². The Morgan fingerprint density at radius 1 is 1.13 bits per heavy atom. The first-order chi connectivity index (χ1) is 11.3. The molecule has 0 saturated carbocycles. The van der Waals surface area contributed by atoms with Gasteiger partial charge in [0.25, 0.3) is 0 Å². The van der Waals surface area contributed by atoms with Crippen LogP contribution >= 0.6 is 0 Å². The number of carbonyl (C=O) groups is 1. The lowest BCUT2D eigenvalue weighted by Gasteiger charge is -2.25. The number of para-hydroxylation sites is 1. The second-order valence-electron chi connectivity index (χ2n) is 6.17. The maximum atomic E-state index is 12.2. The molecule has 2 aliphatic rings. The van der Waals surface area contributed by atoms with Crippen LogP contribution in [0.25, 0.3) is 6.08 Å². The molecule has 23 heavy (non-hydrogen) atoms. The first-order valence-corrected chi connectivity index (χ1v) is 8.67. The summed E-state index contributed by atoms with van der Waals surface area (Å²) in [5.74, 6) is 0.871. The van der Waals surface area contributed by atoms with Gasteiger partial charge in [-0.2, -0.15) is 0 Å². The van der Waals surface area contributed by atoms with Crippen LogP contribution < -0.4 is 4.74 Å². The molecule has 1 unspecified atom stereocenters. The zero-order valence-electron chi connectivity index (χ0n) is 13.6. The Balaban J connectivity index is 1.64. The quantitative estimate of drug-likeness (QED) is 0.797. The highest BCUT2D eigenvalue weighted by Crippen LogP contribution is 2.24. The summed E-state index contributed by atoms with van der Waals surface area (Å²) in [5.41, 5.74) is 0.923. The van der Waals surface area contributed by atoms with Crippen LogP contribution in [0.15, 0.2) is 30.3 Å². The van der Waals surface area contributed by atoms with E-state index >= 15 is 0 Å². The smallest absolute Gasteiger partial charge is 0.246 e. The zero-order chi connectivity index (χ0) is 15.9. The molecule has 2 heterocycles. The first kappa shape index (κ1) is 16.1. The molecule has 2 saturated heterocycles. The Morgan fingerprint density at radius 2 is 1.96 bits per heavy atom. The third kappa shape index (κ3) is 4.58. The summed E-state index contributed by atoms with van der Waals surface area (Å²) in [7, 11) is 0. The number of piperidine rings is 1. The Bertz CT molecular complexity index is 543. The summed E-state index contributed by atoms with van der Waals surface area (Å²) in [6, 6.07) is 7.81. The highest BCUT2D eigenvalue weighted by atomic mass is 16.7. The van der Waals surface area contributed by atoms with E-state index in [9.17, 15) is 4.79 Å². The van der Waals surface area contributed by atoms with E-state index in [4.69, 9.17) is 9.47 Å². The molecule has 2 aliphatic heterocycles. The van der Waals surface area contributed by atoms with Crippen molar-refractivity contribution in [2.75, 3.05) is 19.7 Å². The van der Waals surface area contributed by atoms with Crippen molar-refractivity contribution in [2.45, 2.75) is 44.8 Å². The van der Waals surface area contributed by atoms with E-state index < -0.39 is 0 Å². The van der Waals surface area contributed by atoms with Gasteiger partial charge in [0.15, 0.2) is 6.29 Å². The second-order valence-corrected chi connectivity index (χ2v) is 6.17. The van der Waals surface area contributed by atoms with Gasteiger partial charge in [0.1, 0.15) is 5.75 Å². The topological polar surface area (TPSA) is 38.8 Å². The van der Waals surface area contributed by atoms with Crippen LogP contribution in [0.5, 0.6) is 5.75 Å². The second kappa shape index (κ2) is 8.16. The lowest BCUT2D eigenvalue weighted by atomic mass is 10.1. The summed E-state index contributed by atoms with van der Waals surface area (Å²) in [5, 5.41) is 0. The lowest BCUT2D eigenvalue weighted by Crippen LogP contribution is -2.34. The summed E-state index contributed by atoms with van der Waals surface area (Å²) in [6.07, 6.45) is 9.95. The minimum absolute atomic E-state index is 0.0911. The van der Waals surface area contributed by atoms with E-state index in [1.807, 2.05) is 35.2 Å². The van der Waals surface area contributed by atoms with Gasteiger partial charge in [-0.05, 0) is 44.2 Å². The van der Waals surface area contributed by atoms with Crippen LogP contribution in [0, 0.1) is 0 Å². The SMILES string of the molecule is O=C(C=Cc1ccccc1OC1CCCCO1)N1CCCCC1. The molecule has 4 heteroatoms. The summed E-state index contributed by atoms with van der Waals surface area (Å²) in [4.78, 5) is 14.2. The minimum atomic E-state index is -0.170. The number of hydrogen-bond acceptors (Lipinski definition) is 3. The predicted octanol–water partition coefficient (Wildman–Crippen LogP) is 3.62. The van der Waals surface area contributed by atoms with Gasteiger partial charge in [-0.3, -0.25) is 4.79 Å². The van der Waals surface area contributed by atoms with Crippen LogP contribution in [0.1, 0.15) is 44.1 Å². The van der Waals surface area contributed by atoms with Crippen molar-refractivity contribution in [3.63, 3.8) is 0 Å². The van der Waals surface area contributed by atoms with E-state index in [-0.39, 0.29) is 12.2 Å². The number of likely N-dealkylation sites (tertiary alicyclic amines) is 1. The molecular formula is C19H25NO3. The standard InChI is InChI=1S/C19H25NO3/c21-18(20-13-5-1-6-14-20)12-11-16-8-2-3-9-17(16)23-19-10-4-7-15-22-19/h2-3,8-9,11-12,19H,1,4-7,10,13-15H2. The van der Waals surface area contributed by atoms with Crippen LogP contribution in [0.4, 0.5) is 0 Å². The Morgan fingerprint density at radius 3 is 2.74 bits per heavy atom. The molecule has 0 N–H and O–H groups in total. The summed E-state index contributed by atoms with van der Waals surface area (Å²) in [6.45, 7) is 2.50. The van der Waals surface area contributed by atoms with Crippen LogP contribution in [0.3, 0.4) is 0 Å². The molecule has 1 aromatic rings. The van der Waals surface area contributed by atoms with Gasteiger partial charge in [-0.25, -0.2) is 0 Å². The Labute approximate surface area is 138 Å². The number of hydrogen-bond donors (Lipinski definition) is 0. The van der Waals surface area contributed by atoms with Gasteiger partial charge in [-0.15, -0.1) is 0 Å². The van der Waals surface area contributed by atoms with Crippen molar-refractivity contribution in [2.24, 2.45) is 0 Å². The largest absolute Gasteiger partial charge is 0.464 e. The van der Waals surface area contributed by atoms with E-state index in [1.165, 1.54) is 6.42 Å². The van der Waals surface area contributed by atoms with E-state index in [0.29, 0.717) is 0 Å². The fraction of sp³-hybridized carbons (Fsp3) is 0.526. The molecule has 0 bridgehead atoms. The fourth-order valence-corrected chi connectivity index (χ4v) is 3.05. The average Bonchev–Trinajstić information content (AvgIpc) is 2.62. The molecule has 0 radical (unpaired) electrons. The highest BCUT2D eigenvalue weighted by molar-refractivity contribution is 5.92. The number of rotatable bonds is 4. The Kier molecular flexibility index (Phi) is 5.70. The molecule has 2 fully saturated rings. The van der Waals surface area contributed by atoms with Gasteiger partial charge in [-0.1, -0.05) is 18.2 Å². The first-order valence-electron chi connectivity index (χ1n) is 8.67. The molecule has 0 spiro atoms. The lowest BCUT2D eigenvalue weighted by molar-refractivity contribution is -0.126. The predicted molar refractivity (Wildman–Crippen MR) is 90.1 cm³/mol. The molecule has 124 valence electrons. The number of benzene rings is 1. The molecular weight excluding hydrogens is 290 g/mol. The van der Waals surface area contributed by atoms with Crippen LogP contribution in [-0.2, 0) is 9.53 Å². The molecule has 0 aliphatic carbocycles. The van der Waals surface area contributed by atoms with Crippen molar-refractivity contribution >= 4 is 12.0 Å². The summed E-state index contributed by atoms with van der Waals surface area (Å²) >= 11 is 0. The molecule has 1 amide bonds. The van der Waals surface area contributed by atoms with Crippen molar-refractivity contribution in [1.29, 1.82) is 0 Å². The molecule has 3 rings (SSSR count). The third-order valence-corrected chi connectivity index (χ3v) is 4.39. The van der Waals surface area contributed by atoms with Crippen molar-refractivity contribution in [3.8, 4) is 5.75 Å². The van der Waals surface area contributed by atoms with Crippen LogP contribution in [-0.4, -0.2) is 36.8 Å². The monoisotopic (exact) mass is 315 g/mol. The van der Waals surface area contributed by atoms with Gasteiger partial charge < -0.3 is 14.4 Å². The Hall–Kier alpha value is -1.81. The summed E-state index contributed by atoms with van der Waals surface area (Å²) < 4.78 is 11.6. The normalized spacial score (nSPS) is 22.3. The molecule has 1 atom stereocenters. The number of nitrogens with zero attached hydrogens (tertiary/aromatic N) is 1. The minimum Gasteiger partial charge on any atom is -0.464 e. The molecule has 1 aromatic carbocycles. The van der Waals surface area contributed by atoms with Crippen molar-refractivity contribution in [3.05, 3.63) is 35.9 Å². The van der Waals surface area contributed by atoms with E-state index in [0.717, 1.165) is 63.1 Å². The maximum Gasteiger partial charge on any atom is 0.246 e. The number of ether oxygens (including phenoxy) is 2. The third-order valence-electron chi connectivity index (χ3n) is 4.39. The fourth-order valence-electron chi connectivity index (χ4n) is 3.05.